The first kappa shape index (κ1) is 22.2. The van der Waals surface area contributed by atoms with Crippen LogP contribution in [0.25, 0.3) is 0 Å². The molecule has 0 atom stereocenters. The largest absolute Gasteiger partial charge is 0.452 e. The Morgan fingerprint density at radius 2 is 1.65 bits per heavy atom. The molecule has 0 radical (unpaired) electrons. The predicted molar refractivity (Wildman–Crippen MR) is 116 cm³/mol. The van der Waals surface area contributed by atoms with Crippen molar-refractivity contribution in [2.45, 2.75) is 33.6 Å². The van der Waals surface area contributed by atoms with E-state index in [0.29, 0.717) is 12.2 Å². The molecule has 0 aromatic heterocycles. The van der Waals surface area contributed by atoms with E-state index in [1.807, 2.05) is 45.9 Å². The van der Waals surface area contributed by atoms with Crippen molar-refractivity contribution < 1.29 is 23.9 Å². The minimum Gasteiger partial charge on any atom is -0.452 e. The second kappa shape index (κ2) is 9.12. The number of hydrogen-bond acceptors (Lipinski definition) is 5. The summed E-state index contributed by atoms with van der Waals surface area (Å²) < 4.78 is 5.11. The Morgan fingerprint density at radius 1 is 0.968 bits per heavy atom. The average molecular weight is 422 g/mol. The van der Waals surface area contributed by atoms with Gasteiger partial charge in [0.15, 0.2) is 6.61 Å². The molecule has 2 aromatic rings. The van der Waals surface area contributed by atoms with E-state index in [1.54, 1.807) is 6.07 Å². The van der Waals surface area contributed by atoms with E-state index in [1.165, 1.54) is 23.1 Å². The van der Waals surface area contributed by atoms with Crippen LogP contribution < -0.4 is 5.32 Å². The number of nitrogens with one attached hydrogen (secondary N) is 1. The quantitative estimate of drug-likeness (QED) is 0.540. The lowest BCUT2D eigenvalue weighted by Gasteiger charge is -2.15. The van der Waals surface area contributed by atoms with Crippen LogP contribution in [-0.4, -0.2) is 41.7 Å². The molecule has 31 heavy (non-hydrogen) atoms. The van der Waals surface area contributed by atoms with Crippen molar-refractivity contribution in [3.63, 3.8) is 0 Å². The van der Waals surface area contributed by atoms with Crippen LogP contribution in [0.2, 0.25) is 0 Å². The van der Waals surface area contributed by atoms with Gasteiger partial charge in [0, 0.05) is 12.2 Å². The first-order chi connectivity index (χ1) is 14.7. The molecule has 1 aliphatic rings. The number of carbonyl (C=O) groups is 4. The van der Waals surface area contributed by atoms with Crippen molar-refractivity contribution >= 4 is 29.4 Å². The summed E-state index contributed by atoms with van der Waals surface area (Å²) in [5.41, 5.74) is 2.21. The third-order valence-corrected chi connectivity index (χ3v) is 4.95. The van der Waals surface area contributed by atoms with Crippen LogP contribution in [0.3, 0.4) is 0 Å². The molecule has 3 rings (SSSR count). The number of carbonyl (C=O) groups excluding carboxylic acids is 4. The first-order valence-corrected chi connectivity index (χ1v) is 10.2. The molecule has 0 fully saturated rings. The molecule has 3 amide bonds. The van der Waals surface area contributed by atoms with Crippen molar-refractivity contribution in [2.24, 2.45) is 5.92 Å². The molecular weight excluding hydrogens is 396 g/mol. The van der Waals surface area contributed by atoms with Gasteiger partial charge in [0.2, 0.25) is 0 Å². The fraction of sp³-hybridized carbons (Fsp3) is 0.333. The summed E-state index contributed by atoms with van der Waals surface area (Å²) in [6.07, 6.45) is 0. The van der Waals surface area contributed by atoms with Gasteiger partial charge >= 0.3 is 5.97 Å². The van der Waals surface area contributed by atoms with Crippen LogP contribution in [0.1, 0.15) is 70.3 Å². The Kier molecular flexibility index (Phi) is 6.53. The van der Waals surface area contributed by atoms with Crippen molar-refractivity contribution in [3.8, 4) is 0 Å². The molecule has 0 spiro atoms. The number of imide groups is 1. The zero-order valence-electron chi connectivity index (χ0n) is 18.1. The summed E-state index contributed by atoms with van der Waals surface area (Å²) in [6.45, 7) is 7.72. The maximum absolute atomic E-state index is 12.6. The van der Waals surface area contributed by atoms with Gasteiger partial charge in [0.25, 0.3) is 17.7 Å². The Bertz CT molecular complexity index is 1040. The summed E-state index contributed by atoms with van der Waals surface area (Å²) in [5.74, 6) is -1.63. The predicted octanol–water partition coefficient (Wildman–Crippen LogP) is 3.86. The normalized spacial score (nSPS) is 13.0. The van der Waals surface area contributed by atoms with Gasteiger partial charge in [-0.1, -0.05) is 45.9 Å². The van der Waals surface area contributed by atoms with Crippen LogP contribution in [0.15, 0.2) is 42.5 Å². The number of benzene rings is 2. The van der Waals surface area contributed by atoms with Gasteiger partial charge in [0.1, 0.15) is 0 Å². The van der Waals surface area contributed by atoms with E-state index in [9.17, 15) is 19.2 Å². The van der Waals surface area contributed by atoms with Crippen molar-refractivity contribution in [2.75, 3.05) is 18.5 Å². The molecule has 1 heterocycles. The Morgan fingerprint density at radius 3 is 2.32 bits per heavy atom. The van der Waals surface area contributed by atoms with E-state index < -0.39 is 24.4 Å². The summed E-state index contributed by atoms with van der Waals surface area (Å²) in [4.78, 5) is 50.8. The molecule has 1 N–H and O–H groups in total. The molecule has 7 nitrogen and oxygen atoms in total. The number of hydrogen-bond donors (Lipinski definition) is 1. The molecule has 0 aliphatic carbocycles. The number of nitrogens with zero attached hydrogens (tertiary/aromatic N) is 1. The Labute approximate surface area is 181 Å². The highest BCUT2D eigenvalue weighted by Crippen LogP contribution is 2.26. The van der Waals surface area contributed by atoms with Gasteiger partial charge in [-0.3, -0.25) is 19.3 Å². The molecular formula is C24H26N2O5. The van der Waals surface area contributed by atoms with Crippen molar-refractivity contribution in [1.29, 1.82) is 0 Å². The second-order valence-electron chi connectivity index (χ2n) is 8.24. The van der Waals surface area contributed by atoms with Gasteiger partial charge < -0.3 is 10.1 Å². The van der Waals surface area contributed by atoms with Crippen LogP contribution >= 0.6 is 0 Å². The molecule has 0 unspecified atom stereocenters. The maximum Gasteiger partial charge on any atom is 0.338 e. The van der Waals surface area contributed by atoms with E-state index in [-0.39, 0.29) is 34.4 Å². The van der Waals surface area contributed by atoms with Gasteiger partial charge in [-0.25, -0.2) is 4.79 Å². The molecule has 162 valence electrons. The smallest absolute Gasteiger partial charge is 0.338 e. The lowest BCUT2D eigenvalue weighted by molar-refractivity contribution is -0.119. The number of ether oxygens (including phenoxy) is 1. The zero-order valence-corrected chi connectivity index (χ0v) is 18.1. The zero-order chi connectivity index (χ0) is 22.7. The maximum atomic E-state index is 12.6. The molecule has 7 heteroatoms. The second-order valence-corrected chi connectivity index (χ2v) is 8.24. The fourth-order valence-corrected chi connectivity index (χ4v) is 3.46. The van der Waals surface area contributed by atoms with E-state index in [0.717, 1.165) is 5.56 Å². The number of esters is 1. The SMILES string of the molecule is CC(C)CN1C(=O)c2ccc(C(=O)OCC(=O)Nc3ccccc3C(C)C)cc2C1=O. The summed E-state index contributed by atoms with van der Waals surface area (Å²) in [7, 11) is 0. The molecule has 0 bridgehead atoms. The highest BCUT2D eigenvalue weighted by Gasteiger charge is 2.36. The average Bonchev–Trinajstić information content (AvgIpc) is 2.96. The minimum absolute atomic E-state index is 0.113. The lowest BCUT2D eigenvalue weighted by atomic mass is 10.0. The number of rotatable bonds is 7. The van der Waals surface area contributed by atoms with Crippen LogP contribution in [0.4, 0.5) is 5.69 Å². The fourth-order valence-electron chi connectivity index (χ4n) is 3.46. The van der Waals surface area contributed by atoms with Gasteiger partial charge in [0.05, 0.1) is 16.7 Å². The topological polar surface area (TPSA) is 92.8 Å². The van der Waals surface area contributed by atoms with Gasteiger partial charge in [-0.05, 0) is 41.7 Å². The molecule has 2 aromatic carbocycles. The standard InChI is InChI=1S/C24H26N2O5/c1-14(2)12-26-22(28)18-10-9-16(11-19(18)23(26)29)24(30)31-13-21(27)25-20-8-6-5-7-17(20)15(3)4/h5-11,14-15H,12-13H2,1-4H3,(H,25,27). The van der Waals surface area contributed by atoms with Gasteiger partial charge in [-0.15, -0.1) is 0 Å². The van der Waals surface area contributed by atoms with E-state index >= 15 is 0 Å². The van der Waals surface area contributed by atoms with Crippen LogP contribution in [-0.2, 0) is 9.53 Å². The van der Waals surface area contributed by atoms with Gasteiger partial charge in [-0.2, -0.15) is 0 Å². The van der Waals surface area contributed by atoms with E-state index in [4.69, 9.17) is 4.74 Å². The summed E-state index contributed by atoms with van der Waals surface area (Å²) >= 11 is 0. The number of anilines is 1. The number of para-hydroxylation sites is 1. The Balaban J connectivity index is 1.65. The monoisotopic (exact) mass is 422 g/mol. The third kappa shape index (κ3) is 4.82. The van der Waals surface area contributed by atoms with Crippen LogP contribution in [0.5, 0.6) is 0 Å². The third-order valence-electron chi connectivity index (χ3n) is 4.95. The number of amides is 3. The Hall–Kier alpha value is -3.48. The first-order valence-electron chi connectivity index (χ1n) is 10.2. The highest BCUT2D eigenvalue weighted by atomic mass is 16.5. The molecule has 1 aliphatic heterocycles. The number of fused-ring (bicyclic) bond motifs is 1. The molecule has 0 saturated heterocycles. The summed E-state index contributed by atoms with van der Waals surface area (Å²) in [6, 6.07) is 11.7. The summed E-state index contributed by atoms with van der Waals surface area (Å²) in [5, 5.41) is 2.76. The van der Waals surface area contributed by atoms with E-state index in [2.05, 4.69) is 5.32 Å². The van der Waals surface area contributed by atoms with Crippen LogP contribution in [0, 0.1) is 5.92 Å². The molecule has 0 saturated carbocycles. The minimum atomic E-state index is -0.738. The highest BCUT2D eigenvalue weighted by molar-refractivity contribution is 6.22. The van der Waals surface area contributed by atoms with Crippen molar-refractivity contribution in [1.82, 2.24) is 4.90 Å². The van der Waals surface area contributed by atoms with Crippen molar-refractivity contribution in [3.05, 3.63) is 64.7 Å². The lowest BCUT2D eigenvalue weighted by Crippen LogP contribution is -2.33.